The quantitative estimate of drug-likeness (QED) is 0.777. The standard InChI is InChI=1S/C9H13N5O/c1-5-8(6(2)14(3)12-5)9-11-7(4-10)15-13-9/h4,10H2,1-3H3. The Kier molecular flexibility index (Phi) is 2.28. The average Bonchev–Trinajstić information content (AvgIpc) is 2.74. The van der Waals surface area contributed by atoms with Gasteiger partial charge in [-0.3, -0.25) is 4.68 Å². The SMILES string of the molecule is Cc1nn(C)c(C)c1-c1noc(CN)n1. The zero-order valence-corrected chi connectivity index (χ0v) is 8.98. The van der Waals surface area contributed by atoms with Crippen LogP contribution in [0.5, 0.6) is 0 Å². The van der Waals surface area contributed by atoms with Crippen molar-refractivity contribution in [3.05, 3.63) is 17.3 Å². The molecule has 0 saturated carbocycles. The van der Waals surface area contributed by atoms with Gasteiger partial charge >= 0.3 is 0 Å². The van der Waals surface area contributed by atoms with Crippen LogP contribution in [-0.2, 0) is 13.6 Å². The van der Waals surface area contributed by atoms with Crippen molar-refractivity contribution in [3.63, 3.8) is 0 Å². The predicted molar refractivity (Wildman–Crippen MR) is 53.9 cm³/mol. The molecule has 2 aromatic heterocycles. The molecular formula is C9H13N5O. The molecule has 0 fully saturated rings. The van der Waals surface area contributed by atoms with Crippen LogP contribution in [0.3, 0.4) is 0 Å². The molecule has 2 heterocycles. The molecule has 0 aliphatic heterocycles. The summed E-state index contributed by atoms with van der Waals surface area (Å²) in [6.45, 7) is 4.14. The highest BCUT2D eigenvalue weighted by Gasteiger charge is 2.16. The summed E-state index contributed by atoms with van der Waals surface area (Å²) in [6.07, 6.45) is 0. The Hall–Kier alpha value is -1.69. The predicted octanol–water partition coefficient (Wildman–Crippen LogP) is 0.546. The maximum atomic E-state index is 5.41. The van der Waals surface area contributed by atoms with E-state index < -0.39 is 0 Å². The van der Waals surface area contributed by atoms with Gasteiger partial charge < -0.3 is 10.3 Å². The van der Waals surface area contributed by atoms with Gasteiger partial charge in [-0.2, -0.15) is 10.1 Å². The molecule has 0 unspecified atom stereocenters. The lowest BCUT2D eigenvalue weighted by Gasteiger charge is -1.94. The smallest absolute Gasteiger partial charge is 0.240 e. The summed E-state index contributed by atoms with van der Waals surface area (Å²) in [5.74, 6) is 0.992. The topological polar surface area (TPSA) is 82.8 Å². The van der Waals surface area contributed by atoms with Gasteiger partial charge in [0.05, 0.1) is 17.8 Å². The number of nitrogens with two attached hydrogens (primary N) is 1. The van der Waals surface area contributed by atoms with Gasteiger partial charge in [0, 0.05) is 12.7 Å². The van der Waals surface area contributed by atoms with Crippen molar-refractivity contribution in [1.29, 1.82) is 0 Å². The minimum absolute atomic E-state index is 0.255. The van der Waals surface area contributed by atoms with Gasteiger partial charge in [-0.25, -0.2) is 0 Å². The van der Waals surface area contributed by atoms with Crippen molar-refractivity contribution in [2.75, 3.05) is 0 Å². The third-order valence-corrected chi connectivity index (χ3v) is 2.38. The summed E-state index contributed by atoms with van der Waals surface area (Å²) >= 11 is 0. The highest BCUT2D eigenvalue weighted by atomic mass is 16.5. The molecule has 0 spiro atoms. The second-order valence-corrected chi connectivity index (χ2v) is 3.39. The second-order valence-electron chi connectivity index (χ2n) is 3.39. The van der Waals surface area contributed by atoms with Gasteiger partial charge in [0.1, 0.15) is 0 Å². The van der Waals surface area contributed by atoms with Crippen molar-refractivity contribution in [1.82, 2.24) is 19.9 Å². The number of hydrogen-bond acceptors (Lipinski definition) is 5. The van der Waals surface area contributed by atoms with Gasteiger partial charge in [0.25, 0.3) is 0 Å². The van der Waals surface area contributed by atoms with Gasteiger partial charge in [-0.15, -0.1) is 0 Å². The molecule has 0 amide bonds. The minimum Gasteiger partial charge on any atom is -0.338 e. The number of hydrogen-bond donors (Lipinski definition) is 1. The van der Waals surface area contributed by atoms with Crippen molar-refractivity contribution in [2.24, 2.45) is 12.8 Å². The van der Waals surface area contributed by atoms with E-state index in [4.69, 9.17) is 10.3 Å². The molecule has 2 N–H and O–H groups in total. The van der Waals surface area contributed by atoms with E-state index in [9.17, 15) is 0 Å². The van der Waals surface area contributed by atoms with E-state index >= 15 is 0 Å². The first-order valence-corrected chi connectivity index (χ1v) is 4.66. The Morgan fingerprint density at radius 3 is 2.60 bits per heavy atom. The first kappa shape index (κ1) is 9.85. The van der Waals surface area contributed by atoms with E-state index in [1.54, 1.807) is 4.68 Å². The molecule has 0 saturated heterocycles. The highest BCUT2D eigenvalue weighted by molar-refractivity contribution is 5.60. The average molecular weight is 207 g/mol. The fraction of sp³-hybridized carbons (Fsp3) is 0.444. The zero-order chi connectivity index (χ0) is 11.0. The lowest BCUT2D eigenvalue weighted by molar-refractivity contribution is 0.380. The molecular weight excluding hydrogens is 194 g/mol. The Balaban J connectivity index is 2.53. The summed E-state index contributed by atoms with van der Waals surface area (Å²) < 4.78 is 6.76. The normalized spacial score (nSPS) is 10.9. The molecule has 0 aliphatic rings. The summed E-state index contributed by atoms with van der Waals surface area (Å²) in [5.41, 5.74) is 8.22. The minimum atomic E-state index is 0.255. The molecule has 2 aromatic rings. The van der Waals surface area contributed by atoms with E-state index in [0.29, 0.717) is 11.7 Å². The van der Waals surface area contributed by atoms with Crippen molar-refractivity contribution < 1.29 is 4.52 Å². The molecule has 0 bridgehead atoms. The van der Waals surface area contributed by atoms with Gasteiger partial charge in [0.15, 0.2) is 0 Å². The summed E-state index contributed by atoms with van der Waals surface area (Å²) in [4.78, 5) is 4.18. The van der Waals surface area contributed by atoms with Crippen LogP contribution >= 0.6 is 0 Å². The summed E-state index contributed by atoms with van der Waals surface area (Å²) in [7, 11) is 1.88. The molecule has 80 valence electrons. The van der Waals surface area contributed by atoms with Crippen LogP contribution in [0.25, 0.3) is 11.4 Å². The lowest BCUT2D eigenvalue weighted by atomic mass is 10.2. The fourth-order valence-corrected chi connectivity index (χ4v) is 1.54. The maximum Gasteiger partial charge on any atom is 0.240 e. The van der Waals surface area contributed by atoms with E-state index in [1.165, 1.54) is 0 Å². The van der Waals surface area contributed by atoms with Crippen molar-refractivity contribution in [2.45, 2.75) is 20.4 Å². The van der Waals surface area contributed by atoms with Crippen molar-refractivity contribution in [3.8, 4) is 11.4 Å². The van der Waals surface area contributed by atoms with Crippen LogP contribution in [-0.4, -0.2) is 19.9 Å². The Labute approximate surface area is 87.1 Å². The molecule has 6 nitrogen and oxygen atoms in total. The maximum absolute atomic E-state index is 5.41. The van der Waals surface area contributed by atoms with Crippen LogP contribution in [0.15, 0.2) is 4.52 Å². The fourth-order valence-electron chi connectivity index (χ4n) is 1.54. The van der Waals surface area contributed by atoms with Gasteiger partial charge in [-0.05, 0) is 13.8 Å². The molecule has 2 rings (SSSR count). The molecule has 0 aliphatic carbocycles. The van der Waals surface area contributed by atoms with Crippen LogP contribution in [0.2, 0.25) is 0 Å². The first-order chi connectivity index (χ1) is 7.13. The molecule has 0 atom stereocenters. The molecule has 0 aromatic carbocycles. The van der Waals surface area contributed by atoms with Crippen molar-refractivity contribution >= 4 is 0 Å². The Morgan fingerprint density at radius 1 is 1.40 bits per heavy atom. The molecule has 0 radical (unpaired) electrons. The largest absolute Gasteiger partial charge is 0.338 e. The third-order valence-electron chi connectivity index (χ3n) is 2.38. The monoisotopic (exact) mass is 207 g/mol. The Morgan fingerprint density at radius 2 is 2.13 bits per heavy atom. The van der Waals surface area contributed by atoms with Gasteiger partial charge in [0.2, 0.25) is 11.7 Å². The third kappa shape index (κ3) is 1.52. The van der Waals surface area contributed by atoms with E-state index in [2.05, 4.69) is 15.2 Å². The number of aromatic nitrogens is 4. The summed E-state index contributed by atoms with van der Waals surface area (Å²) in [5, 5.41) is 8.16. The zero-order valence-electron chi connectivity index (χ0n) is 8.98. The van der Waals surface area contributed by atoms with Crippen LogP contribution in [0.4, 0.5) is 0 Å². The van der Waals surface area contributed by atoms with Crippen LogP contribution in [0, 0.1) is 13.8 Å². The van der Waals surface area contributed by atoms with E-state index in [0.717, 1.165) is 17.0 Å². The summed E-state index contributed by atoms with van der Waals surface area (Å²) in [6, 6.07) is 0. The lowest BCUT2D eigenvalue weighted by Crippen LogP contribution is -1.96. The first-order valence-electron chi connectivity index (χ1n) is 4.66. The van der Waals surface area contributed by atoms with Gasteiger partial charge in [-0.1, -0.05) is 5.16 Å². The number of nitrogens with zero attached hydrogens (tertiary/aromatic N) is 4. The van der Waals surface area contributed by atoms with E-state index in [-0.39, 0.29) is 6.54 Å². The highest BCUT2D eigenvalue weighted by Crippen LogP contribution is 2.23. The van der Waals surface area contributed by atoms with Crippen LogP contribution < -0.4 is 5.73 Å². The molecule has 15 heavy (non-hydrogen) atoms. The van der Waals surface area contributed by atoms with E-state index in [1.807, 2.05) is 20.9 Å². The number of rotatable bonds is 2. The molecule has 6 heteroatoms. The number of aryl methyl sites for hydroxylation is 2. The Bertz CT molecular complexity index is 485. The second kappa shape index (κ2) is 3.47. The van der Waals surface area contributed by atoms with Crippen LogP contribution in [0.1, 0.15) is 17.3 Å².